The summed E-state index contributed by atoms with van der Waals surface area (Å²) in [7, 11) is 0. The lowest BCUT2D eigenvalue weighted by Crippen LogP contribution is -2.34. The summed E-state index contributed by atoms with van der Waals surface area (Å²) in [4.78, 5) is 30.5. The van der Waals surface area contributed by atoms with E-state index in [4.69, 9.17) is 11.0 Å². The molecule has 2 heterocycles. The number of amides is 2. The molecule has 0 bridgehead atoms. The summed E-state index contributed by atoms with van der Waals surface area (Å²) in [6.07, 6.45) is 12.6. The maximum Gasteiger partial charge on any atom is 0.252 e. The van der Waals surface area contributed by atoms with Crippen molar-refractivity contribution in [2.75, 3.05) is 10.6 Å². The predicted molar refractivity (Wildman–Crippen MR) is 127 cm³/mol. The minimum atomic E-state index is -0.512. The first-order chi connectivity index (χ1) is 15.9. The highest BCUT2D eigenvalue weighted by atomic mass is 16.1. The van der Waals surface area contributed by atoms with Crippen LogP contribution >= 0.6 is 0 Å². The average molecular weight is 450 g/mol. The van der Waals surface area contributed by atoms with Gasteiger partial charge in [0.2, 0.25) is 5.91 Å². The number of nitrogens with zero attached hydrogens (tertiary/aromatic N) is 3. The number of nitriles is 1. The van der Waals surface area contributed by atoms with Crippen LogP contribution in [-0.4, -0.2) is 33.9 Å². The van der Waals surface area contributed by atoms with Crippen LogP contribution in [-0.2, 0) is 4.79 Å². The predicted octanol–water partition coefficient (Wildman–Crippen LogP) is 3.61. The molecule has 0 radical (unpaired) electrons. The molecule has 2 fully saturated rings. The third-order valence-corrected chi connectivity index (χ3v) is 5.80. The number of nitrogens with one attached hydrogen (secondary N) is 3. The third kappa shape index (κ3) is 7.45. The SMILES string of the molecule is CC(=O)NC1CCCCC1.N#Cc1ccc(Nc2cc(NC3CCC3)c(C(N)=O)cn2)nc1. The van der Waals surface area contributed by atoms with Crippen LogP contribution in [0.2, 0.25) is 0 Å². The Labute approximate surface area is 194 Å². The molecule has 5 N–H and O–H groups in total. The van der Waals surface area contributed by atoms with E-state index in [0.717, 1.165) is 12.8 Å². The van der Waals surface area contributed by atoms with Gasteiger partial charge < -0.3 is 21.7 Å². The lowest BCUT2D eigenvalue weighted by Gasteiger charge is -2.28. The Kier molecular flexibility index (Phi) is 8.58. The van der Waals surface area contributed by atoms with Crippen LogP contribution in [0.25, 0.3) is 0 Å². The molecule has 0 saturated heterocycles. The fourth-order valence-electron chi connectivity index (χ4n) is 3.81. The van der Waals surface area contributed by atoms with Gasteiger partial charge in [-0.05, 0) is 44.2 Å². The highest BCUT2D eigenvalue weighted by Gasteiger charge is 2.20. The molecule has 0 spiro atoms. The van der Waals surface area contributed by atoms with Crippen molar-refractivity contribution in [3.05, 3.63) is 41.7 Å². The highest BCUT2D eigenvalue weighted by molar-refractivity contribution is 5.98. The molecule has 0 unspecified atom stereocenters. The van der Waals surface area contributed by atoms with Crippen LogP contribution < -0.4 is 21.7 Å². The topological polar surface area (TPSA) is 146 Å². The number of rotatable bonds is 6. The van der Waals surface area contributed by atoms with E-state index in [0.29, 0.717) is 40.5 Å². The number of primary amides is 1. The van der Waals surface area contributed by atoms with E-state index < -0.39 is 5.91 Å². The summed E-state index contributed by atoms with van der Waals surface area (Å²) in [5.41, 5.74) is 6.93. The molecular formula is C24H31N7O2. The monoisotopic (exact) mass is 449 g/mol. The van der Waals surface area contributed by atoms with Crippen LogP contribution in [0.3, 0.4) is 0 Å². The van der Waals surface area contributed by atoms with Crippen molar-refractivity contribution in [2.45, 2.75) is 70.4 Å². The normalized spacial score (nSPS) is 15.8. The van der Waals surface area contributed by atoms with Gasteiger partial charge in [0.05, 0.1) is 16.8 Å². The second-order valence-electron chi connectivity index (χ2n) is 8.46. The maximum atomic E-state index is 11.5. The van der Waals surface area contributed by atoms with Gasteiger partial charge in [0, 0.05) is 37.5 Å². The number of aromatic nitrogens is 2. The van der Waals surface area contributed by atoms with E-state index in [2.05, 4.69) is 25.9 Å². The number of nitrogens with two attached hydrogens (primary N) is 1. The third-order valence-electron chi connectivity index (χ3n) is 5.80. The number of hydrogen-bond donors (Lipinski definition) is 4. The van der Waals surface area contributed by atoms with Crippen LogP contribution in [0.15, 0.2) is 30.6 Å². The molecule has 0 aromatic carbocycles. The molecule has 0 atom stereocenters. The molecule has 9 heteroatoms. The summed E-state index contributed by atoms with van der Waals surface area (Å²) in [6.45, 7) is 1.59. The molecule has 9 nitrogen and oxygen atoms in total. The summed E-state index contributed by atoms with van der Waals surface area (Å²) >= 11 is 0. The van der Waals surface area contributed by atoms with Gasteiger partial charge in [-0.2, -0.15) is 5.26 Å². The molecule has 4 rings (SSSR count). The molecule has 0 aliphatic heterocycles. The average Bonchev–Trinajstić information content (AvgIpc) is 2.77. The maximum absolute atomic E-state index is 11.5. The quantitative estimate of drug-likeness (QED) is 0.527. The lowest BCUT2D eigenvalue weighted by atomic mass is 9.93. The van der Waals surface area contributed by atoms with Crippen LogP contribution in [0.4, 0.5) is 17.3 Å². The first kappa shape index (κ1) is 24.0. The zero-order chi connectivity index (χ0) is 23.6. The van der Waals surface area contributed by atoms with Gasteiger partial charge >= 0.3 is 0 Å². The van der Waals surface area contributed by atoms with Crippen molar-refractivity contribution in [1.82, 2.24) is 15.3 Å². The number of carbonyl (C=O) groups excluding carboxylic acids is 2. The van der Waals surface area contributed by atoms with E-state index in [1.54, 1.807) is 25.1 Å². The first-order valence-corrected chi connectivity index (χ1v) is 11.4. The Bertz CT molecular complexity index is 991. The van der Waals surface area contributed by atoms with Crippen molar-refractivity contribution >= 4 is 29.1 Å². The standard InChI is InChI=1S/C16H16N6O.C8H15NO/c17-7-10-4-5-14(19-8-10)22-15-6-13(21-11-2-1-3-11)12(9-20-15)16(18)23;1-7(10)9-8-5-3-2-4-6-8/h4-6,8-9,11H,1-3H2,(H2,18,23)(H2,19,20,21,22);8H,2-6H2,1H3,(H,9,10). The zero-order valence-corrected chi connectivity index (χ0v) is 18.9. The van der Waals surface area contributed by atoms with E-state index >= 15 is 0 Å². The zero-order valence-electron chi connectivity index (χ0n) is 18.9. The molecule has 33 heavy (non-hydrogen) atoms. The fourth-order valence-corrected chi connectivity index (χ4v) is 3.81. The van der Waals surface area contributed by atoms with Crippen molar-refractivity contribution in [3.63, 3.8) is 0 Å². The summed E-state index contributed by atoms with van der Waals surface area (Å²) in [5, 5.41) is 18.1. The van der Waals surface area contributed by atoms with Crippen molar-refractivity contribution in [2.24, 2.45) is 5.73 Å². The molecule has 2 aromatic rings. The number of anilines is 3. The molecular weight excluding hydrogens is 418 g/mol. The molecule has 2 amide bonds. The van der Waals surface area contributed by atoms with Crippen molar-refractivity contribution in [1.29, 1.82) is 5.26 Å². The summed E-state index contributed by atoms with van der Waals surface area (Å²) < 4.78 is 0. The summed E-state index contributed by atoms with van der Waals surface area (Å²) in [6, 6.07) is 7.98. The van der Waals surface area contributed by atoms with E-state index in [-0.39, 0.29) is 5.91 Å². The Morgan fingerprint density at radius 3 is 2.24 bits per heavy atom. The molecule has 2 aliphatic rings. The van der Waals surface area contributed by atoms with Gasteiger partial charge in [-0.15, -0.1) is 0 Å². The smallest absolute Gasteiger partial charge is 0.252 e. The molecule has 2 aliphatic carbocycles. The van der Waals surface area contributed by atoms with Crippen molar-refractivity contribution < 1.29 is 9.59 Å². The Morgan fingerprint density at radius 1 is 1.00 bits per heavy atom. The number of pyridine rings is 2. The minimum absolute atomic E-state index is 0.118. The molecule has 2 aromatic heterocycles. The Balaban J connectivity index is 0.000000257. The van der Waals surface area contributed by atoms with E-state index in [1.165, 1.54) is 50.9 Å². The van der Waals surface area contributed by atoms with E-state index in [1.807, 2.05) is 6.07 Å². The largest absolute Gasteiger partial charge is 0.382 e. The van der Waals surface area contributed by atoms with Gasteiger partial charge in [0.15, 0.2) is 0 Å². The lowest BCUT2D eigenvalue weighted by molar-refractivity contribution is -0.119. The Morgan fingerprint density at radius 2 is 1.70 bits per heavy atom. The molecule has 174 valence electrons. The number of carbonyl (C=O) groups is 2. The minimum Gasteiger partial charge on any atom is -0.382 e. The van der Waals surface area contributed by atoms with Crippen LogP contribution in [0, 0.1) is 11.3 Å². The molecule has 2 saturated carbocycles. The van der Waals surface area contributed by atoms with Gasteiger partial charge in [-0.25, -0.2) is 9.97 Å². The Hall–Kier alpha value is -3.67. The van der Waals surface area contributed by atoms with E-state index in [9.17, 15) is 9.59 Å². The van der Waals surface area contributed by atoms with Gasteiger partial charge in [0.25, 0.3) is 5.91 Å². The fraction of sp³-hybridized carbons (Fsp3) is 0.458. The first-order valence-electron chi connectivity index (χ1n) is 11.4. The summed E-state index contributed by atoms with van der Waals surface area (Å²) in [5.74, 6) is 0.723. The second kappa shape index (κ2) is 11.8. The van der Waals surface area contributed by atoms with Crippen molar-refractivity contribution in [3.8, 4) is 6.07 Å². The second-order valence-corrected chi connectivity index (χ2v) is 8.46. The highest BCUT2D eigenvalue weighted by Crippen LogP contribution is 2.27. The van der Waals surface area contributed by atoms with Gasteiger partial charge in [0.1, 0.15) is 17.7 Å². The van der Waals surface area contributed by atoms with Crippen LogP contribution in [0.5, 0.6) is 0 Å². The van der Waals surface area contributed by atoms with Crippen LogP contribution in [0.1, 0.15) is 74.2 Å². The van der Waals surface area contributed by atoms with Gasteiger partial charge in [-0.3, -0.25) is 9.59 Å². The van der Waals surface area contributed by atoms with Gasteiger partial charge in [-0.1, -0.05) is 19.3 Å². The number of hydrogen-bond acceptors (Lipinski definition) is 7.